The number of pyridine rings is 1. The van der Waals surface area contributed by atoms with Crippen LogP contribution in [0.3, 0.4) is 0 Å². The highest BCUT2D eigenvalue weighted by atomic mass is 19.4. The number of alkyl halides is 3. The molecule has 1 saturated carbocycles. The predicted octanol–water partition coefficient (Wildman–Crippen LogP) is 3.15. The Bertz CT molecular complexity index is 994. The third kappa shape index (κ3) is 4.78. The van der Waals surface area contributed by atoms with Gasteiger partial charge in [-0.2, -0.15) is 18.3 Å². The number of carbonyl (C=O) groups is 1. The van der Waals surface area contributed by atoms with Crippen LogP contribution in [-0.4, -0.2) is 55.6 Å². The molecular weight excluding hydrogens is 401 g/mol. The molecule has 3 aromatic heterocycles. The smallest absolute Gasteiger partial charge is 0.378 e. The van der Waals surface area contributed by atoms with Crippen LogP contribution in [0.25, 0.3) is 16.7 Å². The normalized spacial score (nSPS) is 19.8. The van der Waals surface area contributed by atoms with Crippen LogP contribution in [0.1, 0.15) is 42.6 Å². The maximum absolute atomic E-state index is 12.9. The first-order chi connectivity index (χ1) is 14.4. The lowest BCUT2D eigenvalue weighted by Gasteiger charge is -2.29. The highest BCUT2D eigenvalue weighted by Crippen LogP contribution is 2.25. The SMILES string of the molecule is O=C(N[C@H]1CC[C@H](OCCC(F)(F)F)CC1)c1nc(-n2ccnc2)cc2cn[nH]c12. The fourth-order valence-corrected chi connectivity index (χ4v) is 3.60. The van der Waals surface area contributed by atoms with Crippen molar-refractivity contribution in [2.45, 2.75) is 50.4 Å². The first kappa shape index (κ1) is 20.3. The van der Waals surface area contributed by atoms with Crippen LogP contribution in [0.2, 0.25) is 0 Å². The summed E-state index contributed by atoms with van der Waals surface area (Å²) < 4.78 is 43.7. The molecule has 1 aliphatic rings. The average Bonchev–Trinajstić information content (AvgIpc) is 3.39. The lowest BCUT2D eigenvalue weighted by Crippen LogP contribution is -2.39. The van der Waals surface area contributed by atoms with E-state index in [-0.39, 0.29) is 30.4 Å². The summed E-state index contributed by atoms with van der Waals surface area (Å²) in [6.07, 6.45) is 3.69. The van der Waals surface area contributed by atoms with Gasteiger partial charge < -0.3 is 10.1 Å². The van der Waals surface area contributed by atoms with Crippen LogP contribution < -0.4 is 5.32 Å². The summed E-state index contributed by atoms with van der Waals surface area (Å²) in [4.78, 5) is 21.4. The number of H-pyrrole nitrogens is 1. The van der Waals surface area contributed by atoms with E-state index in [2.05, 4.69) is 25.5 Å². The number of hydrogen-bond donors (Lipinski definition) is 2. The second-order valence-corrected chi connectivity index (χ2v) is 7.32. The van der Waals surface area contributed by atoms with Gasteiger partial charge in [-0.1, -0.05) is 0 Å². The lowest BCUT2D eigenvalue weighted by molar-refractivity contribution is -0.150. The molecule has 0 radical (unpaired) electrons. The minimum Gasteiger partial charge on any atom is -0.378 e. The van der Waals surface area contributed by atoms with Crippen molar-refractivity contribution in [1.82, 2.24) is 30.0 Å². The number of halogens is 3. The monoisotopic (exact) mass is 422 g/mol. The second kappa shape index (κ2) is 8.42. The quantitative estimate of drug-likeness (QED) is 0.636. The molecule has 0 unspecified atom stereocenters. The maximum Gasteiger partial charge on any atom is 0.391 e. The average molecular weight is 422 g/mol. The largest absolute Gasteiger partial charge is 0.391 e. The summed E-state index contributed by atoms with van der Waals surface area (Å²) in [5.41, 5.74) is 0.776. The van der Waals surface area contributed by atoms with Gasteiger partial charge in [-0.25, -0.2) is 9.97 Å². The zero-order valence-electron chi connectivity index (χ0n) is 16.0. The van der Waals surface area contributed by atoms with Crippen molar-refractivity contribution in [3.63, 3.8) is 0 Å². The fraction of sp³-hybridized carbons (Fsp3) is 0.474. The van der Waals surface area contributed by atoms with E-state index in [0.717, 1.165) is 5.39 Å². The Labute approximate surface area is 169 Å². The molecule has 0 saturated heterocycles. The lowest BCUT2D eigenvalue weighted by atomic mass is 9.93. The van der Waals surface area contributed by atoms with E-state index in [1.165, 1.54) is 0 Å². The van der Waals surface area contributed by atoms with E-state index in [4.69, 9.17) is 4.74 Å². The van der Waals surface area contributed by atoms with Gasteiger partial charge in [0, 0.05) is 23.8 Å². The van der Waals surface area contributed by atoms with Crippen LogP contribution in [0.5, 0.6) is 0 Å². The highest BCUT2D eigenvalue weighted by molar-refractivity contribution is 6.04. The minimum absolute atomic E-state index is 0.0864. The molecule has 11 heteroatoms. The molecular formula is C19H21F3N6O2. The first-order valence-electron chi connectivity index (χ1n) is 9.71. The Morgan fingerprint density at radius 2 is 2.10 bits per heavy atom. The molecule has 1 aliphatic carbocycles. The number of hydrogen-bond acceptors (Lipinski definition) is 5. The molecule has 1 amide bonds. The molecule has 0 bridgehead atoms. The number of fused-ring (bicyclic) bond motifs is 1. The summed E-state index contributed by atoms with van der Waals surface area (Å²) in [6.45, 7) is -0.325. The van der Waals surface area contributed by atoms with E-state index in [9.17, 15) is 18.0 Å². The van der Waals surface area contributed by atoms with E-state index in [1.54, 1.807) is 35.6 Å². The predicted molar refractivity (Wildman–Crippen MR) is 101 cm³/mol. The van der Waals surface area contributed by atoms with Crippen molar-refractivity contribution in [3.8, 4) is 5.82 Å². The molecule has 0 spiro atoms. The third-order valence-corrected chi connectivity index (χ3v) is 5.15. The zero-order valence-corrected chi connectivity index (χ0v) is 16.0. The Morgan fingerprint density at radius 1 is 1.30 bits per heavy atom. The van der Waals surface area contributed by atoms with Crippen molar-refractivity contribution in [1.29, 1.82) is 0 Å². The fourth-order valence-electron chi connectivity index (χ4n) is 3.60. The van der Waals surface area contributed by atoms with Gasteiger partial charge in [0.25, 0.3) is 5.91 Å². The summed E-state index contributed by atoms with van der Waals surface area (Å²) in [7, 11) is 0. The molecule has 1 fully saturated rings. The Morgan fingerprint density at radius 3 is 2.80 bits per heavy atom. The molecule has 2 N–H and O–H groups in total. The first-order valence-corrected chi connectivity index (χ1v) is 9.71. The number of aromatic amines is 1. The van der Waals surface area contributed by atoms with Gasteiger partial charge in [0.05, 0.1) is 30.8 Å². The van der Waals surface area contributed by atoms with Gasteiger partial charge in [0.1, 0.15) is 12.1 Å². The number of amides is 1. The van der Waals surface area contributed by atoms with Gasteiger partial charge in [0.2, 0.25) is 0 Å². The van der Waals surface area contributed by atoms with Crippen LogP contribution in [0, 0.1) is 0 Å². The molecule has 0 aliphatic heterocycles. The summed E-state index contributed by atoms with van der Waals surface area (Å²) in [6, 6.07) is 1.72. The molecule has 0 atom stereocenters. The standard InChI is InChI=1S/C19H21F3N6O2/c20-19(21,22)5-8-30-14-3-1-13(2-4-14)25-18(29)17-16-12(10-24-27-16)9-15(26-17)28-7-6-23-11-28/h6-7,9-11,13-14H,1-5,8H2,(H,24,27)(H,25,29)/t13-,14-. The van der Waals surface area contributed by atoms with Crippen molar-refractivity contribution in [2.75, 3.05) is 6.61 Å². The van der Waals surface area contributed by atoms with E-state index in [0.29, 0.717) is 37.0 Å². The summed E-state index contributed by atoms with van der Waals surface area (Å²) >= 11 is 0. The van der Waals surface area contributed by atoms with Crippen molar-refractivity contribution in [2.24, 2.45) is 0 Å². The highest BCUT2D eigenvalue weighted by Gasteiger charge is 2.29. The summed E-state index contributed by atoms with van der Waals surface area (Å²) in [5, 5.41) is 10.5. The number of ether oxygens (including phenoxy) is 1. The van der Waals surface area contributed by atoms with E-state index >= 15 is 0 Å². The van der Waals surface area contributed by atoms with Gasteiger partial charge >= 0.3 is 6.18 Å². The van der Waals surface area contributed by atoms with Crippen LogP contribution in [0.4, 0.5) is 13.2 Å². The van der Waals surface area contributed by atoms with Crippen LogP contribution in [0.15, 0.2) is 31.0 Å². The molecule has 30 heavy (non-hydrogen) atoms. The topological polar surface area (TPSA) is 97.7 Å². The zero-order chi connectivity index (χ0) is 21.1. The number of carbonyl (C=O) groups excluding carboxylic acids is 1. The molecule has 8 nitrogen and oxygen atoms in total. The molecule has 0 aromatic carbocycles. The van der Waals surface area contributed by atoms with E-state index in [1.807, 2.05) is 0 Å². The van der Waals surface area contributed by atoms with Gasteiger partial charge in [-0.05, 0) is 31.7 Å². The Balaban J connectivity index is 1.38. The molecule has 160 valence electrons. The second-order valence-electron chi connectivity index (χ2n) is 7.32. The number of imidazole rings is 1. The van der Waals surface area contributed by atoms with Crippen molar-refractivity contribution >= 4 is 16.8 Å². The Hall–Kier alpha value is -2.95. The summed E-state index contributed by atoms with van der Waals surface area (Å²) in [5.74, 6) is 0.223. The Kier molecular flexibility index (Phi) is 5.71. The number of nitrogens with zero attached hydrogens (tertiary/aromatic N) is 4. The molecule has 3 heterocycles. The van der Waals surface area contributed by atoms with Crippen LogP contribution in [-0.2, 0) is 4.74 Å². The van der Waals surface area contributed by atoms with Gasteiger partial charge in [0.15, 0.2) is 5.69 Å². The van der Waals surface area contributed by atoms with Crippen molar-refractivity contribution < 1.29 is 22.7 Å². The third-order valence-electron chi connectivity index (χ3n) is 5.15. The maximum atomic E-state index is 12.9. The number of nitrogens with one attached hydrogen (secondary N) is 2. The molecule has 4 rings (SSSR count). The van der Waals surface area contributed by atoms with E-state index < -0.39 is 12.6 Å². The van der Waals surface area contributed by atoms with Crippen LogP contribution >= 0.6 is 0 Å². The van der Waals surface area contributed by atoms with Gasteiger partial charge in [-0.15, -0.1) is 0 Å². The molecule has 3 aromatic rings. The van der Waals surface area contributed by atoms with Gasteiger partial charge in [-0.3, -0.25) is 14.5 Å². The number of aromatic nitrogens is 5. The minimum atomic E-state index is -4.21. The number of rotatable bonds is 6. The van der Waals surface area contributed by atoms with Crippen molar-refractivity contribution in [3.05, 3.63) is 36.7 Å².